The summed E-state index contributed by atoms with van der Waals surface area (Å²) in [6.07, 6.45) is 5.17. The Labute approximate surface area is 210 Å². The van der Waals surface area contributed by atoms with Crippen molar-refractivity contribution in [1.82, 2.24) is 29.6 Å². The second-order valence-corrected chi connectivity index (χ2v) is 10.5. The lowest BCUT2D eigenvalue weighted by Gasteiger charge is -2.29. The van der Waals surface area contributed by atoms with Crippen LogP contribution in [0.15, 0.2) is 30.5 Å². The van der Waals surface area contributed by atoms with E-state index in [1.165, 1.54) is 0 Å². The lowest BCUT2D eigenvalue weighted by atomic mass is 9.99. The molecular weight excluding hydrogens is 458 g/mol. The molecule has 5 rings (SSSR count). The first-order valence-electron chi connectivity index (χ1n) is 12.4. The van der Waals surface area contributed by atoms with Gasteiger partial charge in [-0.3, -0.25) is 9.78 Å². The van der Waals surface area contributed by atoms with Crippen molar-refractivity contribution in [2.75, 3.05) is 18.5 Å². The zero-order valence-corrected chi connectivity index (χ0v) is 21.0. The molecule has 0 saturated carbocycles. The number of ether oxygens (including phenoxy) is 1. The highest BCUT2D eigenvalue weighted by molar-refractivity contribution is 6.02. The third-order valence-corrected chi connectivity index (χ3v) is 6.29. The van der Waals surface area contributed by atoms with Gasteiger partial charge in [-0.25, -0.2) is 9.78 Å². The van der Waals surface area contributed by atoms with E-state index in [1.54, 1.807) is 23.2 Å². The maximum Gasteiger partial charge on any atom is 0.410 e. The third-order valence-electron chi connectivity index (χ3n) is 6.29. The molecule has 3 aromatic rings. The monoisotopic (exact) mass is 489 g/mol. The summed E-state index contributed by atoms with van der Waals surface area (Å²) in [5.74, 6) is 1.74. The van der Waals surface area contributed by atoms with Gasteiger partial charge in [-0.2, -0.15) is 0 Å². The Morgan fingerprint density at radius 1 is 1.08 bits per heavy atom. The number of aromatic nitrogens is 5. The molecule has 5 heterocycles. The third kappa shape index (κ3) is 5.22. The maximum absolute atomic E-state index is 13.0. The van der Waals surface area contributed by atoms with Gasteiger partial charge in [0.25, 0.3) is 5.91 Å². The Morgan fingerprint density at radius 2 is 1.94 bits per heavy atom. The molecule has 0 atom stereocenters. The lowest BCUT2D eigenvalue weighted by Crippen LogP contribution is -2.37. The Bertz CT molecular complexity index is 1290. The molecule has 1 N–H and O–H groups in total. The fourth-order valence-corrected chi connectivity index (χ4v) is 4.39. The number of nitrogens with one attached hydrogen (secondary N) is 1. The fraction of sp³-hybridized carbons (Fsp3) is 0.462. The number of aryl methyl sites for hydroxylation is 1. The number of hydrogen-bond donors (Lipinski definition) is 1. The average Bonchev–Trinajstić information content (AvgIpc) is 3.30. The summed E-state index contributed by atoms with van der Waals surface area (Å²) in [5, 5.41) is 11.5. The molecule has 188 valence electrons. The second kappa shape index (κ2) is 9.67. The van der Waals surface area contributed by atoms with Crippen LogP contribution < -0.4 is 5.32 Å². The van der Waals surface area contributed by atoms with Gasteiger partial charge >= 0.3 is 6.09 Å². The van der Waals surface area contributed by atoms with E-state index < -0.39 is 0 Å². The molecule has 0 unspecified atom stereocenters. The first-order valence-corrected chi connectivity index (χ1v) is 12.4. The average molecular weight is 490 g/mol. The van der Waals surface area contributed by atoms with Gasteiger partial charge in [0.15, 0.2) is 5.82 Å². The highest BCUT2D eigenvalue weighted by Crippen LogP contribution is 2.24. The van der Waals surface area contributed by atoms with E-state index in [1.807, 2.05) is 32.9 Å². The molecule has 0 fully saturated rings. The molecule has 2 aliphatic rings. The van der Waals surface area contributed by atoms with Crippen LogP contribution in [0.1, 0.15) is 61.1 Å². The van der Waals surface area contributed by atoms with Crippen LogP contribution >= 0.6 is 0 Å². The van der Waals surface area contributed by atoms with E-state index in [-0.39, 0.29) is 23.1 Å². The summed E-state index contributed by atoms with van der Waals surface area (Å²) in [4.78, 5) is 36.2. The number of hydrogen-bond acceptors (Lipinski definition) is 7. The summed E-state index contributed by atoms with van der Waals surface area (Å²) < 4.78 is 7.56. The van der Waals surface area contributed by atoms with Crippen LogP contribution in [0.3, 0.4) is 0 Å². The molecule has 0 aromatic carbocycles. The Kier molecular flexibility index (Phi) is 6.42. The van der Waals surface area contributed by atoms with Gasteiger partial charge in [0.1, 0.15) is 23.0 Å². The second-order valence-electron chi connectivity index (χ2n) is 10.5. The van der Waals surface area contributed by atoms with Gasteiger partial charge in [0, 0.05) is 32.3 Å². The minimum absolute atomic E-state index is 0.0999. The van der Waals surface area contributed by atoms with E-state index in [9.17, 15) is 9.59 Å². The zero-order chi connectivity index (χ0) is 25.3. The van der Waals surface area contributed by atoms with Crippen LogP contribution in [0.2, 0.25) is 0 Å². The normalized spacial score (nSPS) is 15.1. The van der Waals surface area contributed by atoms with Crippen molar-refractivity contribution < 1.29 is 14.3 Å². The fourth-order valence-electron chi connectivity index (χ4n) is 4.39. The molecule has 2 amide bonds. The quantitative estimate of drug-likeness (QED) is 0.592. The summed E-state index contributed by atoms with van der Waals surface area (Å²) in [6, 6.07) is 7.18. The Balaban J connectivity index is 1.28. The molecule has 10 nitrogen and oxygen atoms in total. The highest BCUT2D eigenvalue weighted by Gasteiger charge is 2.25. The van der Waals surface area contributed by atoms with E-state index in [0.717, 1.165) is 42.8 Å². The molecule has 0 radical (unpaired) electrons. The van der Waals surface area contributed by atoms with Crippen LogP contribution in [-0.4, -0.2) is 54.8 Å². The minimum Gasteiger partial charge on any atom is -0.449 e. The van der Waals surface area contributed by atoms with E-state index >= 15 is 0 Å². The minimum atomic E-state index is -0.363. The van der Waals surface area contributed by atoms with Gasteiger partial charge in [0.05, 0.1) is 6.61 Å². The predicted octanol–water partition coefficient (Wildman–Crippen LogP) is 3.86. The molecule has 0 aliphatic carbocycles. The number of anilines is 1. The summed E-state index contributed by atoms with van der Waals surface area (Å²) in [6.45, 7) is 8.23. The van der Waals surface area contributed by atoms with Crippen molar-refractivity contribution in [2.45, 2.75) is 59.5 Å². The van der Waals surface area contributed by atoms with E-state index in [0.29, 0.717) is 43.5 Å². The number of nitrogens with zero attached hydrogens (tertiary/aromatic N) is 6. The van der Waals surface area contributed by atoms with Crippen LogP contribution in [0.25, 0.3) is 11.5 Å². The molecule has 0 bridgehead atoms. The molecule has 2 aliphatic heterocycles. The molecule has 0 spiro atoms. The van der Waals surface area contributed by atoms with Crippen molar-refractivity contribution in [1.29, 1.82) is 0 Å². The Hall–Kier alpha value is -3.82. The molecular formula is C26H31N7O3. The standard InChI is InChI=1S/C26H31N7O3/c1-26(2,3)16-36-25(35)32-12-10-17-14-27-20(13-18(17)15-32)24(34)29-21-8-6-7-19(28-21)23-31-30-22-9-4-5-11-33(22)23/h6-8,13-14H,4-5,9-12,15-16H2,1-3H3,(H,28,29,34). The van der Waals surface area contributed by atoms with Crippen molar-refractivity contribution >= 4 is 17.8 Å². The van der Waals surface area contributed by atoms with Gasteiger partial charge < -0.3 is 19.5 Å². The van der Waals surface area contributed by atoms with Crippen molar-refractivity contribution in [3.8, 4) is 11.5 Å². The number of amides is 2. The van der Waals surface area contributed by atoms with Crippen LogP contribution in [0, 0.1) is 5.41 Å². The topological polar surface area (TPSA) is 115 Å². The lowest BCUT2D eigenvalue weighted by molar-refractivity contribution is 0.0688. The summed E-state index contributed by atoms with van der Waals surface area (Å²) in [7, 11) is 0. The first kappa shape index (κ1) is 23.9. The molecule has 3 aromatic heterocycles. The number of fused-ring (bicyclic) bond motifs is 2. The predicted molar refractivity (Wildman–Crippen MR) is 133 cm³/mol. The van der Waals surface area contributed by atoms with Gasteiger partial charge in [-0.15, -0.1) is 10.2 Å². The number of carbonyl (C=O) groups is 2. The highest BCUT2D eigenvalue weighted by atomic mass is 16.6. The number of pyridine rings is 2. The van der Waals surface area contributed by atoms with Gasteiger partial charge in [-0.05, 0) is 54.0 Å². The molecule has 10 heteroatoms. The van der Waals surface area contributed by atoms with Crippen molar-refractivity contribution in [3.05, 3.63) is 53.1 Å². The zero-order valence-electron chi connectivity index (χ0n) is 21.0. The summed E-state index contributed by atoms with van der Waals surface area (Å²) in [5.41, 5.74) is 2.76. The van der Waals surface area contributed by atoms with E-state index in [2.05, 4.69) is 30.0 Å². The molecule has 36 heavy (non-hydrogen) atoms. The van der Waals surface area contributed by atoms with Crippen molar-refractivity contribution in [3.63, 3.8) is 0 Å². The van der Waals surface area contributed by atoms with Crippen LogP contribution in [-0.2, 0) is 30.7 Å². The number of carbonyl (C=O) groups excluding carboxylic acids is 2. The number of rotatable bonds is 4. The largest absolute Gasteiger partial charge is 0.449 e. The first-order chi connectivity index (χ1) is 17.3. The molecule has 0 saturated heterocycles. The maximum atomic E-state index is 13.0. The van der Waals surface area contributed by atoms with E-state index in [4.69, 9.17) is 4.74 Å². The SMILES string of the molecule is CC(C)(C)COC(=O)N1CCc2cnc(C(=O)Nc3cccc(-c4nnc5n4CCCC5)n3)cc2C1. The van der Waals surface area contributed by atoms with Crippen LogP contribution in [0.5, 0.6) is 0 Å². The Morgan fingerprint density at radius 3 is 2.78 bits per heavy atom. The van der Waals surface area contributed by atoms with Crippen molar-refractivity contribution in [2.24, 2.45) is 5.41 Å². The van der Waals surface area contributed by atoms with Crippen LogP contribution in [0.4, 0.5) is 10.6 Å². The summed E-state index contributed by atoms with van der Waals surface area (Å²) >= 11 is 0. The van der Waals surface area contributed by atoms with Gasteiger partial charge in [-0.1, -0.05) is 26.8 Å². The van der Waals surface area contributed by atoms with Gasteiger partial charge in [0.2, 0.25) is 0 Å². The smallest absolute Gasteiger partial charge is 0.410 e.